The number of rotatable bonds is 8. The Morgan fingerprint density at radius 3 is 2.76 bits per heavy atom. The smallest absolute Gasteiger partial charge is 0.287 e. The number of halogens is 1. The van der Waals surface area contributed by atoms with Crippen LogP contribution in [0, 0.1) is 12.7 Å². The van der Waals surface area contributed by atoms with Crippen molar-refractivity contribution in [3.8, 4) is 11.6 Å². The molecule has 0 amide bonds. The van der Waals surface area contributed by atoms with Gasteiger partial charge >= 0.3 is 0 Å². The Morgan fingerprint density at radius 2 is 2.00 bits per heavy atom. The Balaban J connectivity index is 1.55. The van der Waals surface area contributed by atoms with Crippen molar-refractivity contribution in [2.24, 2.45) is 0 Å². The lowest BCUT2D eigenvalue weighted by Gasteiger charge is -2.18. The lowest BCUT2D eigenvalue weighted by atomic mass is 10.1. The van der Waals surface area contributed by atoms with Crippen molar-refractivity contribution in [2.75, 3.05) is 12.4 Å². The van der Waals surface area contributed by atoms with Crippen LogP contribution in [0.3, 0.4) is 0 Å². The summed E-state index contributed by atoms with van der Waals surface area (Å²) in [6, 6.07) is 13.9. The van der Waals surface area contributed by atoms with E-state index in [9.17, 15) is 14.3 Å². The van der Waals surface area contributed by atoms with E-state index >= 15 is 0 Å². The third-order valence-electron chi connectivity index (χ3n) is 5.15. The van der Waals surface area contributed by atoms with E-state index < -0.39 is 5.60 Å². The van der Waals surface area contributed by atoms with Crippen LogP contribution in [-0.4, -0.2) is 37.6 Å². The van der Waals surface area contributed by atoms with Gasteiger partial charge in [0.25, 0.3) is 5.56 Å². The van der Waals surface area contributed by atoms with Crippen molar-refractivity contribution >= 4 is 22.7 Å². The van der Waals surface area contributed by atoms with Gasteiger partial charge in [-0.15, -0.1) is 11.8 Å². The molecule has 0 saturated carbocycles. The summed E-state index contributed by atoms with van der Waals surface area (Å²) in [7, 11) is 0. The van der Waals surface area contributed by atoms with Crippen LogP contribution in [0.5, 0.6) is 5.88 Å². The number of aryl methyl sites for hydroxylation is 2. The van der Waals surface area contributed by atoms with Gasteiger partial charge in [0.15, 0.2) is 5.03 Å². The summed E-state index contributed by atoms with van der Waals surface area (Å²) in [6.45, 7) is 5.43. The van der Waals surface area contributed by atoms with Crippen LogP contribution < -0.4 is 10.3 Å². The van der Waals surface area contributed by atoms with Crippen molar-refractivity contribution < 1.29 is 14.2 Å². The molecule has 0 fully saturated rings. The molecule has 0 radical (unpaired) electrons. The Hall–Kier alpha value is -3.23. The average molecular weight is 480 g/mol. The maximum atomic E-state index is 13.4. The van der Waals surface area contributed by atoms with Gasteiger partial charge in [-0.05, 0) is 68.7 Å². The van der Waals surface area contributed by atoms with Crippen molar-refractivity contribution in [2.45, 2.75) is 37.8 Å². The molecule has 2 aromatic heterocycles. The highest BCUT2D eigenvalue weighted by atomic mass is 32.2. The Kier molecular flexibility index (Phi) is 7.00. The molecule has 0 unspecified atom stereocenters. The molecule has 4 aromatic rings. The molecule has 34 heavy (non-hydrogen) atoms. The Bertz CT molecular complexity index is 1380. The molecular formula is C26H26FN3O3S. The summed E-state index contributed by atoms with van der Waals surface area (Å²) in [4.78, 5) is 21.9. The maximum Gasteiger partial charge on any atom is 0.287 e. The molecule has 0 bridgehead atoms. The topological polar surface area (TPSA) is 77.2 Å². The summed E-state index contributed by atoms with van der Waals surface area (Å²) >= 11 is 1.36. The zero-order valence-electron chi connectivity index (χ0n) is 19.3. The summed E-state index contributed by atoms with van der Waals surface area (Å²) in [5.74, 6) is 0.793. The number of hydrogen-bond acceptors (Lipinski definition) is 6. The monoisotopic (exact) mass is 479 g/mol. The van der Waals surface area contributed by atoms with E-state index in [2.05, 4.69) is 9.97 Å². The molecule has 0 spiro atoms. The van der Waals surface area contributed by atoms with Gasteiger partial charge in [0.1, 0.15) is 12.4 Å². The lowest BCUT2D eigenvalue weighted by molar-refractivity contribution is 0.0269. The van der Waals surface area contributed by atoms with Gasteiger partial charge in [-0.25, -0.2) is 14.4 Å². The van der Waals surface area contributed by atoms with Crippen molar-refractivity contribution in [3.05, 3.63) is 88.2 Å². The molecule has 2 heterocycles. The third-order valence-corrected chi connectivity index (χ3v) is 6.12. The van der Waals surface area contributed by atoms with Crippen molar-refractivity contribution in [3.63, 3.8) is 0 Å². The Labute approximate surface area is 201 Å². The number of aromatic nitrogens is 3. The second kappa shape index (κ2) is 9.95. The maximum absolute atomic E-state index is 13.4. The molecule has 0 saturated heterocycles. The number of ether oxygens (including phenoxy) is 1. The van der Waals surface area contributed by atoms with E-state index in [0.717, 1.165) is 22.0 Å². The summed E-state index contributed by atoms with van der Waals surface area (Å²) in [5.41, 5.74) is 2.12. The summed E-state index contributed by atoms with van der Waals surface area (Å²) < 4.78 is 20.6. The van der Waals surface area contributed by atoms with Crippen LogP contribution in [0.4, 0.5) is 4.39 Å². The first-order valence-electron chi connectivity index (χ1n) is 10.9. The molecule has 0 aliphatic heterocycles. The fraction of sp³-hybridized carbons (Fsp3) is 0.269. The highest BCUT2D eigenvalue weighted by Crippen LogP contribution is 2.25. The average Bonchev–Trinajstić information content (AvgIpc) is 2.78. The molecule has 4 rings (SSSR count). The molecule has 1 N–H and O–H groups in total. The van der Waals surface area contributed by atoms with Crippen LogP contribution in [0.2, 0.25) is 0 Å². The number of pyridine rings is 1. The SMILES string of the molecule is Cc1cc(OCC(C)(C)O)nc2ccc(-n3ccnc(SCCc4cccc(F)c4)c3=O)cc12. The molecule has 0 aliphatic rings. The highest BCUT2D eigenvalue weighted by Gasteiger charge is 2.15. The minimum Gasteiger partial charge on any atom is -0.475 e. The zero-order valence-corrected chi connectivity index (χ0v) is 20.1. The fourth-order valence-corrected chi connectivity index (χ4v) is 4.37. The molecular weight excluding hydrogens is 453 g/mol. The van der Waals surface area contributed by atoms with Crippen LogP contribution in [0.15, 0.2) is 70.7 Å². The predicted molar refractivity (Wildman–Crippen MR) is 132 cm³/mol. The summed E-state index contributed by atoms with van der Waals surface area (Å²) in [5, 5.41) is 11.2. The normalized spacial score (nSPS) is 11.7. The van der Waals surface area contributed by atoms with E-state index in [1.54, 1.807) is 36.9 Å². The zero-order chi connectivity index (χ0) is 24.3. The first kappa shape index (κ1) is 23.9. The number of thioether (sulfide) groups is 1. The molecule has 176 valence electrons. The molecule has 6 nitrogen and oxygen atoms in total. The fourth-order valence-electron chi connectivity index (χ4n) is 3.48. The van der Waals surface area contributed by atoms with Gasteiger partial charge in [-0.3, -0.25) is 9.36 Å². The van der Waals surface area contributed by atoms with Crippen molar-refractivity contribution in [1.82, 2.24) is 14.5 Å². The first-order valence-corrected chi connectivity index (χ1v) is 11.9. The van der Waals surface area contributed by atoms with E-state index in [1.165, 1.54) is 23.9 Å². The summed E-state index contributed by atoms with van der Waals surface area (Å²) in [6.07, 6.45) is 3.88. The second-order valence-electron chi connectivity index (χ2n) is 8.72. The minimum absolute atomic E-state index is 0.134. The number of nitrogens with zero attached hydrogens (tertiary/aromatic N) is 3. The minimum atomic E-state index is -0.954. The van der Waals surface area contributed by atoms with E-state index in [1.807, 2.05) is 37.3 Å². The number of aliphatic hydroxyl groups is 1. The molecule has 0 atom stereocenters. The first-order chi connectivity index (χ1) is 16.2. The number of benzene rings is 2. The largest absolute Gasteiger partial charge is 0.475 e. The van der Waals surface area contributed by atoms with Gasteiger partial charge < -0.3 is 9.84 Å². The Morgan fingerprint density at radius 1 is 1.18 bits per heavy atom. The van der Waals surface area contributed by atoms with Crippen LogP contribution in [0.25, 0.3) is 16.6 Å². The highest BCUT2D eigenvalue weighted by molar-refractivity contribution is 7.99. The van der Waals surface area contributed by atoms with Crippen LogP contribution in [0.1, 0.15) is 25.0 Å². The molecule has 0 aliphatic carbocycles. The van der Waals surface area contributed by atoms with Gasteiger partial charge in [0.2, 0.25) is 5.88 Å². The van der Waals surface area contributed by atoms with Gasteiger partial charge in [0.05, 0.1) is 11.1 Å². The third kappa shape index (κ3) is 5.81. The van der Waals surface area contributed by atoms with E-state index in [4.69, 9.17) is 4.74 Å². The number of fused-ring (bicyclic) bond motifs is 1. The van der Waals surface area contributed by atoms with E-state index in [0.29, 0.717) is 28.8 Å². The lowest BCUT2D eigenvalue weighted by Crippen LogP contribution is -2.28. The van der Waals surface area contributed by atoms with Gasteiger partial charge in [0, 0.05) is 35.3 Å². The number of hydrogen-bond donors (Lipinski definition) is 1. The van der Waals surface area contributed by atoms with Crippen LogP contribution in [-0.2, 0) is 6.42 Å². The van der Waals surface area contributed by atoms with Crippen molar-refractivity contribution in [1.29, 1.82) is 0 Å². The predicted octanol–water partition coefficient (Wildman–Crippen LogP) is 4.71. The molecule has 2 aromatic carbocycles. The van der Waals surface area contributed by atoms with Gasteiger partial charge in [-0.1, -0.05) is 12.1 Å². The standard InChI is InChI=1S/C26H26FN3O3S/c1-17-13-23(33-16-26(2,3)32)29-22-8-7-20(15-21(17)22)30-11-10-28-24(25(30)31)34-12-9-18-5-4-6-19(27)14-18/h4-8,10-11,13-15,32H,9,12,16H2,1-3H3. The quantitative estimate of drug-likeness (QED) is 0.369. The van der Waals surface area contributed by atoms with Crippen LogP contribution >= 0.6 is 11.8 Å². The molecule has 8 heteroatoms. The van der Waals surface area contributed by atoms with E-state index in [-0.39, 0.29) is 18.0 Å². The second-order valence-corrected chi connectivity index (χ2v) is 9.80. The van der Waals surface area contributed by atoms with Gasteiger partial charge in [-0.2, -0.15) is 0 Å².